The normalized spacial score (nSPS) is 13.4. The predicted molar refractivity (Wildman–Crippen MR) is 80.2 cm³/mol. The second-order valence-electron chi connectivity index (χ2n) is 3.88. The lowest BCUT2D eigenvalue weighted by Crippen LogP contribution is -2.48. The lowest BCUT2D eigenvalue weighted by molar-refractivity contribution is -0.136. The third-order valence-corrected chi connectivity index (χ3v) is 2.83. The quantitative estimate of drug-likeness (QED) is 0.912. The molecule has 0 unspecified atom stereocenters. The third kappa shape index (κ3) is 5.43. The van der Waals surface area contributed by atoms with E-state index in [1.807, 2.05) is 45.9 Å². The number of rotatable bonds is 3. The van der Waals surface area contributed by atoms with Crippen LogP contribution in [0.2, 0.25) is 0 Å². The van der Waals surface area contributed by atoms with Crippen molar-refractivity contribution in [2.75, 3.05) is 19.7 Å². The molecule has 19 heavy (non-hydrogen) atoms. The SMILES string of the molecule is CC.CC.O=C(CCO)N1CC(c2ccccc2)C1. The van der Waals surface area contributed by atoms with E-state index in [4.69, 9.17) is 5.11 Å². The number of hydrogen-bond donors (Lipinski definition) is 1. The van der Waals surface area contributed by atoms with E-state index < -0.39 is 0 Å². The second kappa shape index (κ2) is 10.6. The first-order valence-electron chi connectivity index (χ1n) is 7.25. The highest BCUT2D eigenvalue weighted by molar-refractivity contribution is 5.77. The maximum absolute atomic E-state index is 11.4. The van der Waals surface area contributed by atoms with E-state index in [2.05, 4.69) is 12.1 Å². The highest BCUT2D eigenvalue weighted by Crippen LogP contribution is 2.26. The van der Waals surface area contributed by atoms with E-state index in [0.29, 0.717) is 5.92 Å². The Morgan fingerprint density at radius 2 is 1.68 bits per heavy atom. The predicted octanol–water partition coefficient (Wildman–Crippen LogP) is 3.05. The Bertz CT molecular complexity index is 332. The summed E-state index contributed by atoms with van der Waals surface area (Å²) in [4.78, 5) is 13.2. The Labute approximate surface area is 117 Å². The van der Waals surface area contributed by atoms with E-state index in [9.17, 15) is 4.79 Å². The summed E-state index contributed by atoms with van der Waals surface area (Å²) in [5.74, 6) is 0.540. The minimum atomic E-state index is -0.0503. The van der Waals surface area contributed by atoms with Crippen molar-refractivity contribution >= 4 is 5.91 Å². The molecule has 1 aliphatic rings. The van der Waals surface area contributed by atoms with Gasteiger partial charge in [-0.3, -0.25) is 4.79 Å². The van der Waals surface area contributed by atoms with Crippen LogP contribution in [-0.4, -0.2) is 35.6 Å². The Balaban J connectivity index is 0.000000741. The van der Waals surface area contributed by atoms with Gasteiger partial charge in [-0.2, -0.15) is 0 Å². The topological polar surface area (TPSA) is 40.5 Å². The van der Waals surface area contributed by atoms with Gasteiger partial charge in [0.2, 0.25) is 5.91 Å². The van der Waals surface area contributed by atoms with E-state index in [1.165, 1.54) is 5.56 Å². The highest BCUT2D eigenvalue weighted by atomic mass is 16.3. The van der Waals surface area contributed by atoms with Crippen molar-refractivity contribution in [2.45, 2.75) is 40.0 Å². The number of benzene rings is 1. The molecule has 0 bridgehead atoms. The first-order chi connectivity index (χ1) is 9.31. The summed E-state index contributed by atoms with van der Waals surface area (Å²) in [6, 6.07) is 10.2. The van der Waals surface area contributed by atoms with Gasteiger partial charge >= 0.3 is 0 Å². The summed E-state index contributed by atoms with van der Waals surface area (Å²) in [5, 5.41) is 8.64. The molecule has 1 aliphatic heterocycles. The van der Waals surface area contributed by atoms with Crippen LogP contribution in [0.25, 0.3) is 0 Å². The van der Waals surface area contributed by atoms with Gasteiger partial charge in [-0.15, -0.1) is 0 Å². The van der Waals surface area contributed by atoms with Gasteiger partial charge in [0.15, 0.2) is 0 Å². The number of aliphatic hydroxyl groups excluding tert-OH is 1. The van der Waals surface area contributed by atoms with Gasteiger partial charge in [0.25, 0.3) is 0 Å². The molecular weight excluding hydrogens is 238 g/mol. The number of aliphatic hydroxyl groups is 1. The Hall–Kier alpha value is -1.35. The van der Waals surface area contributed by atoms with Crippen LogP contribution < -0.4 is 0 Å². The molecule has 0 aromatic heterocycles. The van der Waals surface area contributed by atoms with Gasteiger partial charge in [-0.05, 0) is 5.56 Å². The zero-order valence-corrected chi connectivity index (χ0v) is 12.6. The van der Waals surface area contributed by atoms with Crippen LogP contribution in [0.15, 0.2) is 30.3 Å². The molecule has 1 fully saturated rings. The Morgan fingerprint density at radius 1 is 1.16 bits per heavy atom. The number of carbonyl (C=O) groups excluding carboxylic acids is 1. The van der Waals surface area contributed by atoms with Gasteiger partial charge in [0, 0.05) is 25.4 Å². The Morgan fingerprint density at radius 3 is 2.16 bits per heavy atom. The van der Waals surface area contributed by atoms with Gasteiger partial charge < -0.3 is 10.0 Å². The highest BCUT2D eigenvalue weighted by Gasteiger charge is 2.30. The van der Waals surface area contributed by atoms with E-state index >= 15 is 0 Å². The van der Waals surface area contributed by atoms with E-state index in [1.54, 1.807) is 4.90 Å². The van der Waals surface area contributed by atoms with E-state index in [-0.39, 0.29) is 18.9 Å². The van der Waals surface area contributed by atoms with Crippen LogP contribution in [0.1, 0.15) is 45.6 Å². The van der Waals surface area contributed by atoms with Crippen molar-refractivity contribution in [3.8, 4) is 0 Å². The second-order valence-corrected chi connectivity index (χ2v) is 3.88. The smallest absolute Gasteiger partial charge is 0.224 e. The molecule has 0 atom stereocenters. The average molecular weight is 265 g/mol. The van der Waals surface area contributed by atoms with E-state index in [0.717, 1.165) is 13.1 Å². The summed E-state index contributed by atoms with van der Waals surface area (Å²) >= 11 is 0. The monoisotopic (exact) mass is 265 g/mol. The fourth-order valence-electron chi connectivity index (χ4n) is 1.87. The molecule has 1 aromatic rings. The molecule has 3 nitrogen and oxygen atoms in total. The lowest BCUT2D eigenvalue weighted by atomic mass is 9.91. The molecule has 0 radical (unpaired) electrons. The van der Waals surface area contributed by atoms with Gasteiger partial charge in [0.1, 0.15) is 0 Å². The average Bonchev–Trinajstić information content (AvgIpc) is 2.43. The number of carbonyl (C=O) groups is 1. The molecule has 1 amide bonds. The molecule has 0 spiro atoms. The maximum Gasteiger partial charge on any atom is 0.224 e. The minimum Gasteiger partial charge on any atom is -0.396 e. The molecular formula is C16H27NO2. The lowest BCUT2D eigenvalue weighted by Gasteiger charge is -2.39. The van der Waals surface area contributed by atoms with Crippen molar-refractivity contribution in [1.29, 1.82) is 0 Å². The van der Waals surface area contributed by atoms with Crippen LogP contribution in [0.3, 0.4) is 0 Å². The summed E-state index contributed by atoms with van der Waals surface area (Å²) < 4.78 is 0. The molecule has 0 saturated carbocycles. The molecule has 0 aliphatic carbocycles. The molecule has 3 heteroatoms. The zero-order valence-electron chi connectivity index (χ0n) is 12.6. The van der Waals surface area contributed by atoms with Crippen LogP contribution >= 0.6 is 0 Å². The number of amides is 1. The van der Waals surface area contributed by atoms with Gasteiger partial charge in [-0.25, -0.2) is 0 Å². The minimum absolute atomic E-state index is 0.0503. The molecule has 1 heterocycles. The first-order valence-corrected chi connectivity index (χ1v) is 7.25. The largest absolute Gasteiger partial charge is 0.396 e. The number of likely N-dealkylation sites (tertiary alicyclic amines) is 1. The molecule has 1 N–H and O–H groups in total. The van der Waals surface area contributed by atoms with Crippen LogP contribution in [0.4, 0.5) is 0 Å². The van der Waals surface area contributed by atoms with Crippen molar-refractivity contribution in [1.82, 2.24) is 4.90 Å². The standard InChI is InChI=1S/C12H15NO2.2C2H6/c14-7-6-12(15)13-8-11(9-13)10-4-2-1-3-5-10;2*1-2/h1-5,11,14H,6-9H2;2*1-2H3. The summed E-state index contributed by atoms with van der Waals surface area (Å²) in [5.41, 5.74) is 1.30. The van der Waals surface area contributed by atoms with Crippen LogP contribution in [0.5, 0.6) is 0 Å². The van der Waals surface area contributed by atoms with Crippen molar-refractivity contribution in [3.63, 3.8) is 0 Å². The third-order valence-electron chi connectivity index (χ3n) is 2.83. The van der Waals surface area contributed by atoms with Crippen LogP contribution in [-0.2, 0) is 4.79 Å². The first kappa shape index (κ1) is 17.6. The molecule has 1 saturated heterocycles. The number of nitrogens with zero attached hydrogens (tertiary/aromatic N) is 1. The summed E-state index contributed by atoms with van der Waals surface area (Å²) in [6.07, 6.45) is 0.251. The van der Waals surface area contributed by atoms with Crippen molar-refractivity contribution in [3.05, 3.63) is 35.9 Å². The number of hydrogen-bond acceptors (Lipinski definition) is 2. The van der Waals surface area contributed by atoms with Gasteiger partial charge in [-0.1, -0.05) is 58.0 Å². The molecule has 1 aromatic carbocycles. The zero-order chi connectivity index (χ0) is 14.7. The Kier molecular flexibility index (Phi) is 9.81. The molecule has 2 rings (SSSR count). The fraction of sp³-hybridized carbons (Fsp3) is 0.562. The summed E-state index contributed by atoms with van der Waals surface area (Å²) in [6.45, 7) is 9.54. The maximum atomic E-state index is 11.4. The van der Waals surface area contributed by atoms with Crippen molar-refractivity contribution in [2.24, 2.45) is 0 Å². The van der Waals surface area contributed by atoms with Gasteiger partial charge in [0.05, 0.1) is 6.61 Å². The summed E-state index contributed by atoms with van der Waals surface area (Å²) in [7, 11) is 0. The fourth-order valence-corrected chi connectivity index (χ4v) is 1.87. The molecule has 108 valence electrons. The van der Waals surface area contributed by atoms with Crippen molar-refractivity contribution < 1.29 is 9.90 Å². The van der Waals surface area contributed by atoms with Crippen LogP contribution in [0, 0.1) is 0 Å².